The van der Waals surface area contributed by atoms with Crippen LogP contribution in [0.3, 0.4) is 0 Å². The van der Waals surface area contributed by atoms with Crippen LogP contribution >= 0.6 is 27.5 Å². The topological polar surface area (TPSA) is 84.2 Å². The average molecular weight is 425 g/mol. The van der Waals surface area contributed by atoms with E-state index in [1.54, 1.807) is 6.07 Å². The predicted molar refractivity (Wildman–Crippen MR) is 96.4 cm³/mol. The molecule has 2 heterocycles. The molecule has 4 rings (SSSR count). The van der Waals surface area contributed by atoms with E-state index in [2.05, 4.69) is 26.3 Å². The first-order valence-corrected chi connectivity index (χ1v) is 9.21. The fourth-order valence-electron chi connectivity index (χ4n) is 3.27. The first-order chi connectivity index (χ1) is 12.0. The number of aliphatic carboxylic acids is 1. The number of carbonyl (C=O) groups is 2. The number of hydrogen-bond donors (Lipinski definition) is 2. The zero-order chi connectivity index (χ0) is 17.7. The van der Waals surface area contributed by atoms with Crippen molar-refractivity contribution in [1.82, 2.24) is 9.78 Å². The van der Waals surface area contributed by atoms with Gasteiger partial charge in [0, 0.05) is 13.0 Å². The second-order valence-electron chi connectivity index (χ2n) is 6.43. The summed E-state index contributed by atoms with van der Waals surface area (Å²) in [4.78, 5) is 24.5. The summed E-state index contributed by atoms with van der Waals surface area (Å²) in [7, 11) is 0. The van der Waals surface area contributed by atoms with Crippen LogP contribution in [-0.4, -0.2) is 33.3 Å². The summed E-state index contributed by atoms with van der Waals surface area (Å²) in [5, 5.41) is 17.0. The number of carboxylic acids is 1. The number of hydrogen-bond acceptors (Lipinski definition) is 4. The Labute approximate surface area is 157 Å². The third-order valence-corrected chi connectivity index (χ3v) is 5.59. The van der Waals surface area contributed by atoms with E-state index in [9.17, 15) is 14.7 Å². The molecule has 0 spiro atoms. The molecule has 1 fully saturated rings. The fourth-order valence-corrected chi connectivity index (χ4v) is 4.06. The standard InChI is InChI=1S/C17H15BrClN3O3/c18-15-14-12(6-9(7-20-14)17(24)25)22(21-15)16(23)13-10(8-4-5-8)2-1-3-11(13)19/h1-3,8-9,20H,4-7H2,(H,24,25). The predicted octanol–water partition coefficient (Wildman–Crippen LogP) is 3.53. The van der Waals surface area contributed by atoms with Gasteiger partial charge >= 0.3 is 5.97 Å². The van der Waals surface area contributed by atoms with Crippen molar-refractivity contribution >= 4 is 45.1 Å². The molecule has 1 unspecified atom stereocenters. The zero-order valence-corrected chi connectivity index (χ0v) is 15.5. The number of carbonyl (C=O) groups excluding carboxylic acids is 1. The Morgan fingerprint density at radius 2 is 2.12 bits per heavy atom. The van der Waals surface area contributed by atoms with Crippen molar-refractivity contribution in [2.45, 2.75) is 25.2 Å². The van der Waals surface area contributed by atoms with Crippen LogP contribution in [0.4, 0.5) is 5.69 Å². The molecule has 1 aromatic heterocycles. The summed E-state index contributed by atoms with van der Waals surface area (Å²) >= 11 is 9.68. The second-order valence-corrected chi connectivity index (χ2v) is 7.59. The maximum Gasteiger partial charge on any atom is 0.308 e. The summed E-state index contributed by atoms with van der Waals surface area (Å²) in [6, 6.07) is 5.48. The molecule has 1 aromatic carbocycles. The number of halogens is 2. The Hall–Kier alpha value is -1.86. The number of carboxylic acid groups (broad SMARTS) is 1. The largest absolute Gasteiger partial charge is 0.481 e. The lowest BCUT2D eigenvalue weighted by atomic mass is 9.98. The van der Waals surface area contributed by atoms with Crippen LogP contribution in [-0.2, 0) is 11.2 Å². The molecule has 1 atom stereocenters. The lowest BCUT2D eigenvalue weighted by Gasteiger charge is -2.21. The monoisotopic (exact) mass is 423 g/mol. The van der Waals surface area contributed by atoms with Crippen LogP contribution in [0.5, 0.6) is 0 Å². The van der Waals surface area contributed by atoms with Crippen LogP contribution in [0.2, 0.25) is 5.02 Å². The molecular formula is C17H15BrClN3O3. The molecule has 2 aromatic rings. The van der Waals surface area contributed by atoms with Gasteiger partial charge in [0.1, 0.15) is 0 Å². The Morgan fingerprint density at radius 3 is 2.80 bits per heavy atom. The van der Waals surface area contributed by atoms with E-state index in [1.807, 2.05) is 12.1 Å². The van der Waals surface area contributed by atoms with Crippen LogP contribution in [0.1, 0.15) is 40.4 Å². The smallest absolute Gasteiger partial charge is 0.308 e. The quantitative estimate of drug-likeness (QED) is 0.787. The van der Waals surface area contributed by atoms with E-state index in [-0.39, 0.29) is 12.3 Å². The zero-order valence-electron chi connectivity index (χ0n) is 13.1. The molecule has 1 aliphatic carbocycles. The van der Waals surface area contributed by atoms with Crippen LogP contribution < -0.4 is 5.32 Å². The summed E-state index contributed by atoms with van der Waals surface area (Å²) in [6.07, 6.45) is 2.33. The van der Waals surface area contributed by atoms with Gasteiger partial charge in [-0.3, -0.25) is 9.59 Å². The van der Waals surface area contributed by atoms with Crippen molar-refractivity contribution in [1.29, 1.82) is 0 Å². The van der Waals surface area contributed by atoms with Gasteiger partial charge in [-0.05, 0) is 46.3 Å². The van der Waals surface area contributed by atoms with Crippen molar-refractivity contribution in [3.05, 3.63) is 44.6 Å². The molecule has 130 valence electrons. The van der Waals surface area contributed by atoms with Crippen molar-refractivity contribution in [3.8, 4) is 0 Å². The minimum absolute atomic E-state index is 0.241. The van der Waals surface area contributed by atoms with E-state index >= 15 is 0 Å². The van der Waals surface area contributed by atoms with Crippen molar-refractivity contribution < 1.29 is 14.7 Å². The molecule has 1 saturated carbocycles. The van der Waals surface area contributed by atoms with Gasteiger partial charge in [-0.2, -0.15) is 9.78 Å². The van der Waals surface area contributed by atoms with Gasteiger partial charge < -0.3 is 10.4 Å². The van der Waals surface area contributed by atoms with E-state index in [4.69, 9.17) is 11.6 Å². The third-order valence-electron chi connectivity index (χ3n) is 4.72. The van der Waals surface area contributed by atoms with Gasteiger partial charge in [-0.25, -0.2) is 0 Å². The van der Waals surface area contributed by atoms with Gasteiger partial charge in [0.15, 0.2) is 4.60 Å². The highest BCUT2D eigenvalue weighted by atomic mass is 79.9. The molecule has 0 saturated heterocycles. The molecule has 1 aliphatic heterocycles. The van der Waals surface area contributed by atoms with Crippen LogP contribution in [0.15, 0.2) is 22.8 Å². The number of aromatic nitrogens is 2. The van der Waals surface area contributed by atoms with Crippen molar-refractivity contribution in [2.24, 2.45) is 5.92 Å². The Kier molecular flexibility index (Phi) is 4.08. The molecule has 2 N–H and O–H groups in total. The molecule has 2 aliphatic rings. The van der Waals surface area contributed by atoms with E-state index in [0.29, 0.717) is 39.0 Å². The first-order valence-electron chi connectivity index (χ1n) is 8.04. The summed E-state index contributed by atoms with van der Waals surface area (Å²) < 4.78 is 1.79. The maximum atomic E-state index is 13.2. The van der Waals surface area contributed by atoms with E-state index in [0.717, 1.165) is 18.4 Å². The lowest BCUT2D eigenvalue weighted by Crippen LogP contribution is -2.31. The van der Waals surface area contributed by atoms with Gasteiger partial charge in [0.25, 0.3) is 5.91 Å². The fraction of sp³-hybridized carbons (Fsp3) is 0.353. The minimum atomic E-state index is -0.897. The van der Waals surface area contributed by atoms with Gasteiger partial charge in [-0.1, -0.05) is 23.7 Å². The highest BCUT2D eigenvalue weighted by molar-refractivity contribution is 9.10. The number of fused-ring (bicyclic) bond motifs is 1. The number of anilines is 1. The van der Waals surface area contributed by atoms with Crippen molar-refractivity contribution in [2.75, 3.05) is 11.9 Å². The molecule has 6 nitrogen and oxygen atoms in total. The SMILES string of the molecule is O=C(O)C1CNc2c(Br)nn(C(=O)c3c(Cl)cccc3C3CC3)c2C1. The van der Waals surface area contributed by atoms with E-state index < -0.39 is 11.9 Å². The molecule has 0 bridgehead atoms. The Bertz CT molecular complexity index is 892. The number of rotatable bonds is 3. The summed E-state index contributed by atoms with van der Waals surface area (Å²) in [5.74, 6) is -1.46. The summed E-state index contributed by atoms with van der Waals surface area (Å²) in [6.45, 7) is 0.306. The Balaban J connectivity index is 1.79. The van der Waals surface area contributed by atoms with Crippen LogP contribution in [0.25, 0.3) is 0 Å². The van der Waals surface area contributed by atoms with Crippen molar-refractivity contribution in [3.63, 3.8) is 0 Å². The molecule has 8 heteroatoms. The third kappa shape index (κ3) is 2.85. The van der Waals surface area contributed by atoms with Gasteiger partial charge in [0.05, 0.1) is 27.9 Å². The minimum Gasteiger partial charge on any atom is -0.481 e. The highest BCUT2D eigenvalue weighted by Gasteiger charge is 2.34. The Morgan fingerprint density at radius 1 is 1.36 bits per heavy atom. The van der Waals surface area contributed by atoms with Gasteiger partial charge in [-0.15, -0.1) is 0 Å². The molecular weight excluding hydrogens is 410 g/mol. The lowest BCUT2D eigenvalue weighted by molar-refractivity contribution is -0.141. The molecule has 25 heavy (non-hydrogen) atoms. The maximum absolute atomic E-state index is 13.2. The number of nitrogens with zero attached hydrogens (tertiary/aromatic N) is 2. The highest BCUT2D eigenvalue weighted by Crippen LogP contribution is 2.43. The van der Waals surface area contributed by atoms with E-state index in [1.165, 1.54) is 4.68 Å². The molecule has 0 amide bonds. The van der Waals surface area contributed by atoms with Crippen LogP contribution in [0, 0.1) is 5.92 Å². The van der Waals surface area contributed by atoms with Gasteiger partial charge in [0.2, 0.25) is 0 Å². The normalized spacial score (nSPS) is 19.2. The second kappa shape index (κ2) is 6.14. The number of benzene rings is 1. The summed E-state index contributed by atoms with van der Waals surface area (Å²) in [5.41, 5.74) is 2.64. The molecule has 0 radical (unpaired) electrons. The first kappa shape index (κ1) is 16.6. The number of nitrogens with one attached hydrogen (secondary N) is 1. The average Bonchev–Trinajstić information content (AvgIpc) is 3.38.